The van der Waals surface area contributed by atoms with Crippen molar-refractivity contribution in [3.05, 3.63) is 22.4 Å². The molecule has 1 aliphatic rings. The van der Waals surface area contributed by atoms with E-state index in [4.69, 9.17) is 0 Å². The number of amides is 1. The van der Waals surface area contributed by atoms with Crippen LogP contribution in [0.25, 0.3) is 0 Å². The lowest BCUT2D eigenvalue weighted by Gasteiger charge is -2.32. The first-order chi connectivity index (χ1) is 8.04. The molecule has 2 unspecified atom stereocenters. The number of rotatable bonds is 3. The third-order valence-corrected chi connectivity index (χ3v) is 4.74. The Kier molecular flexibility index (Phi) is 3.54. The molecular formula is C13H20N2OS. The standard InChI is InChI=1S/C13H20N2OS/c1-10(11-6-4-9-17-11)15(3)12(16)13(2)7-5-8-14-13/h4,6,9-10,14H,5,7-8H2,1-3H3. The fraction of sp³-hybridized carbons (Fsp3) is 0.615. The molecule has 0 saturated carbocycles. The van der Waals surface area contributed by atoms with Gasteiger partial charge in [-0.05, 0) is 44.7 Å². The molecule has 0 aliphatic carbocycles. The maximum atomic E-state index is 12.5. The molecule has 1 saturated heterocycles. The molecule has 4 heteroatoms. The Bertz CT molecular complexity index is 382. The zero-order chi connectivity index (χ0) is 12.5. The van der Waals surface area contributed by atoms with E-state index in [1.165, 1.54) is 4.88 Å². The molecule has 94 valence electrons. The second kappa shape index (κ2) is 4.78. The van der Waals surface area contributed by atoms with Crippen molar-refractivity contribution < 1.29 is 4.79 Å². The summed E-state index contributed by atoms with van der Waals surface area (Å²) >= 11 is 1.70. The molecule has 3 nitrogen and oxygen atoms in total. The predicted octanol–water partition coefficient (Wildman–Crippen LogP) is 2.41. The molecule has 0 bridgehead atoms. The van der Waals surface area contributed by atoms with E-state index in [9.17, 15) is 4.79 Å². The molecule has 0 spiro atoms. The number of carbonyl (C=O) groups excluding carboxylic acids is 1. The number of thiophene rings is 1. The third-order valence-electron chi connectivity index (χ3n) is 3.70. The van der Waals surface area contributed by atoms with E-state index in [1.54, 1.807) is 11.3 Å². The highest BCUT2D eigenvalue weighted by Gasteiger charge is 2.39. The molecule has 1 aliphatic heterocycles. The summed E-state index contributed by atoms with van der Waals surface area (Å²) in [6, 6.07) is 4.27. The SMILES string of the molecule is CC(c1cccs1)N(C)C(=O)C1(C)CCCN1. The molecule has 2 rings (SSSR count). The van der Waals surface area contributed by atoms with Crippen LogP contribution >= 0.6 is 11.3 Å². The minimum atomic E-state index is -0.361. The summed E-state index contributed by atoms with van der Waals surface area (Å²) in [5, 5.41) is 5.38. The van der Waals surface area contributed by atoms with Crippen LogP contribution in [0, 0.1) is 0 Å². The molecule has 1 aromatic rings. The van der Waals surface area contributed by atoms with Crippen LogP contribution in [-0.2, 0) is 4.79 Å². The molecule has 2 atom stereocenters. The normalized spacial score (nSPS) is 25.8. The van der Waals surface area contributed by atoms with E-state index in [2.05, 4.69) is 23.7 Å². The number of hydrogen-bond acceptors (Lipinski definition) is 3. The minimum Gasteiger partial charge on any atom is -0.337 e. The summed E-state index contributed by atoms with van der Waals surface area (Å²) in [5.41, 5.74) is -0.361. The maximum Gasteiger partial charge on any atom is 0.242 e. The Hall–Kier alpha value is -0.870. The van der Waals surface area contributed by atoms with Gasteiger partial charge in [-0.3, -0.25) is 4.79 Å². The fourth-order valence-electron chi connectivity index (χ4n) is 2.36. The second-order valence-electron chi connectivity index (χ2n) is 4.97. The van der Waals surface area contributed by atoms with Crippen molar-refractivity contribution in [2.45, 2.75) is 38.3 Å². The Morgan fingerprint density at radius 2 is 2.41 bits per heavy atom. The fourth-order valence-corrected chi connectivity index (χ4v) is 3.19. The van der Waals surface area contributed by atoms with Gasteiger partial charge < -0.3 is 10.2 Å². The summed E-state index contributed by atoms with van der Waals surface area (Å²) in [6.07, 6.45) is 2.02. The van der Waals surface area contributed by atoms with Gasteiger partial charge in [0.25, 0.3) is 0 Å². The summed E-state index contributed by atoms with van der Waals surface area (Å²) < 4.78 is 0. The van der Waals surface area contributed by atoms with Crippen molar-refractivity contribution in [3.8, 4) is 0 Å². The van der Waals surface area contributed by atoms with E-state index < -0.39 is 0 Å². The lowest BCUT2D eigenvalue weighted by atomic mass is 9.98. The average Bonchev–Trinajstić information content (AvgIpc) is 2.97. The van der Waals surface area contributed by atoms with Crippen LogP contribution in [0.2, 0.25) is 0 Å². The lowest BCUT2D eigenvalue weighted by Crippen LogP contribution is -2.52. The van der Waals surface area contributed by atoms with E-state index >= 15 is 0 Å². The van der Waals surface area contributed by atoms with E-state index in [-0.39, 0.29) is 17.5 Å². The third kappa shape index (κ3) is 2.38. The molecule has 1 aromatic heterocycles. The Balaban J connectivity index is 2.09. The van der Waals surface area contributed by atoms with Crippen LogP contribution in [0.3, 0.4) is 0 Å². The van der Waals surface area contributed by atoms with Crippen molar-refractivity contribution in [1.82, 2.24) is 10.2 Å². The molecule has 1 N–H and O–H groups in total. The van der Waals surface area contributed by atoms with Crippen LogP contribution in [0.5, 0.6) is 0 Å². The average molecular weight is 252 g/mol. The quantitative estimate of drug-likeness (QED) is 0.896. The zero-order valence-electron chi connectivity index (χ0n) is 10.7. The van der Waals surface area contributed by atoms with Crippen LogP contribution in [0.15, 0.2) is 17.5 Å². The number of nitrogens with zero attached hydrogens (tertiary/aromatic N) is 1. The highest BCUT2D eigenvalue weighted by Crippen LogP contribution is 2.28. The smallest absolute Gasteiger partial charge is 0.242 e. The van der Waals surface area contributed by atoms with Crippen LogP contribution in [-0.4, -0.2) is 29.9 Å². The van der Waals surface area contributed by atoms with E-state index in [0.29, 0.717) is 0 Å². The summed E-state index contributed by atoms with van der Waals surface area (Å²) in [7, 11) is 1.90. The Morgan fingerprint density at radius 1 is 1.65 bits per heavy atom. The molecule has 17 heavy (non-hydrogen) atoms. The van der Waals surface area contributed by atoms with Gasteiger partial charge in [-0.25, -0.2) is 0 Å². The maximum absolute atomic E-state index is 12.5. The molecular weight excluding hydrogens is 232 g/mol. The van der Waals surface area contributed by atoms with Gasteiger partial charge in [0.15, 0.2) is 0 Å². The van der Waals surface area contributed by atoms with E-state index in [1.807, 2.05) is 24.9 Å². The highest BCUT2D eigenvalue weighted by molar-refractivity contribution is 7.10. The van der Waals surface area contributed by atoms with Gasteiger partial charge in [0.2, 0.25) is 5.91 Å². The van der Waals surface area contributed by atoms with Crippen LogP contribution in [0.1, 0.15) is 37.6 Å². The largest absolute Gasteiger partial charge is 0.337 e. The first-order valence-corrected chi connectivity index (χ1v) is 6.98. The molecule has 1 amide bonds. The van der Waals surface area contributed by atoms with Gasteiger partial charge in [0.05, 0.1) is 11.6 Å². The van der Waals surface area contributed by atoms with Gasteiger partial charge in [0.1, 0.15) is 0 Å². The zero-order valence-corrected chi connectivity index (χ0v) is 11.5. The van der Waals surface area contributed by atoms with E-state index in [0.717, 1.165) is 19.4 Å². The molecule has 1 fully saturated rings. The van der Waals surface area contributed by atoms with Crippen molar-refractivity contribution >= 4 is 17.2 Å². The highest BCUT2D eigenvalue weighted by atomic mass is 32.1. The second-order valence-corrected chi connectivity index (χ2v) is 5.95. The molecule has 0 radical (unpaired) electrons. The minimum absolute atomic E-state index is 0.154. The van der Waals surface area contributed by atoms with Gasteiger partial charge >= 0.3 is 0 Å². The summed E-state index contributed by atoms with van der Waals surface area (Å²) in [6.45, 7) is 5.05. The van der Waals surface area contributed by atoms with Crippen molar-refractivity contribution in [2.75, 3.05) is 13.6 Å². The van der Waals surface area contributed by atoms with Gasteiger partial charge in [-0.2, -0.15) is 0 Å². The topological polar surface area (TPSA) is 32.3 Å². The van der Waals surface area contributed by atoms with Crippen LogP contribution in [0.4, 0.5) is 0 Å². The molecule has 0 aromatic carbocycles. The summed E-state index contributed by atoms with van der Waals surface area (Å²) in [5.74, 6) is 0.205. The van der Waals surface area contributed by atoms with Crippen molar-refractivity contribution in [3.63, 3.8) is 0 Å². The first-order valence-electron chi connectivity index (χ1n) is 6.10. The summed E-state index contributed by atoms with van der Waals surface area (Å²) in [4.78, 5) is 15.6. The van der Waals surface area contributed by atoms with Gasteiger partial charge in [-0.1, -0.05) is 6.07 Å². The van der Waals surface area contributed by atoms with Crippen LogP contribution < -0.4 is 5.32 Å². The lowest BCUT2D eigenvalue weighted by molar-refractivity contribution is -0.137. The van der Waals surface area contributed by atoms with Gasteiger partial charge in [-0.15, -0.1) is 11.3 Å². The monoisotopic (exact) mass is 252 g/mol. The number of likely N-dealkylation sites (N-methyl/N-ethyl adjacent to an activating group) is 1. The number of nitrogens with one attached hydrogen (secondary N) is 1. The predicted molar refractivity (Wildman–Crippen MR) is 71.1 cm³/mol. The number of carbonyl (C=O) groups is 1. The van der Waals surface area contributed by atoms with Gasteiger partial charge in [0, 0.05) is 11.9 Å². The number of hydrogen-bond donors (Lipinski definition) is 1. The van der Waals surface area contributed by atoms with Crippen molar-refractivity contribution in [1.29, 1.82) is 0 Å². The Labute approximate surface area is 107 Å². The van der Waals surface area contributed by atoms with Crippen molar-refractivity contribution in [2.24, 2.45) is 0 Å². The Morgan fingerprint density at radius 3 is 2.94 bits per heavy atom. The first kappa shape index (κ1) is 12.6. The molecule has 2 heterocycles.